The van der Waals surface area contributed by atoms with Crippen molar-refractivity contribution in [3.63, 3.8) is 0 Å². The number of rotatable bonds is 3. The Morgan fingerprint density at radius 2 is 2.29 bits per heavy atom. The number of hydrogen-bond acceptors (Lipinski definition) is 3. The lowest BCUT2D eigenvalue weighted by Gasteiger charge is -2.22. The summed E-state index contributed by atoms with van der Waals surface area (Å²) in [5.74, 6) is -0.173. The first-order valence-electron chi connectivity index (χ1n) is 5.99. The van der Waals surface area contributed by atoms with E-state index in [-0.39, 0.29) is 12.0 Å². The molecule has 1 aliphatic rings. The molecule has 1 unspecified atom stereocenters. The molecule has 0 spiro atoms. The van der Waals surface area contributed by atoms with Crippen LogP contribution in [0.15, 0.2) is 24.3 Å². The van der Waals surface area contributed by atoms with E-state index in [0.717, 1.165) is 31.5 Å². The average Bonchev–Trinajstić information content (AvgIpc) is 2.38. The van der Waals surface area contributed by atoms with Crippen molar-refractivity contribution in [2.75, 3.05) is 13.1 Å². The normalized spacial score (nSPS) is 19.9. The molecule has 1 aliphatic heterocycles. The van der Waals surface area contributed by atoms with E-state index >= 15 is 0 Å². The Hall–Kier alpha value is -1.39. The number of carbonyl (C=O) groups is 1. The van der Waals surface area contributed by atoms with Gasteiger partial charge in [-0.05, 0) is 37.9 Å². The van der Waals surface area contributed by atoms with Crippen molar-refractivity contribution in [1.82, 2.24) is 10.8 Å². The van der Waals surface area contributed by atoms with Crippen molar-refractivity contribution in [1.29, 1.82) is 0 Å². The van der Waals surface area contributed by atoms with E-state index in [4.69, 9.17) is 4.84 Å². The molecule has 0 saturated carbocycles. The zero-order chi connectivity index (χ0) is 12.1. The lowest BCUT2D eigenvalue weighted by molar-refractivity contribution is -0.0251. The first-order valence-corrected chi connectivity index (χ1v) is 5.99. The third-order valence-electron chi connectivity index (χ3n) is 2.96. The van der Waals surface area contributed by atoms with Crippen molar-refractivity contribution in [3.8, 4) is 0 Å². The van der Waals surface area contributed by atoms with Gasteiger partial charge in [-0.1, -0.05) is 18.2 Å². The fraction of sp³-hybridized carbons (Fsp3) is 0.462. The lowest BCUT2D eigenvalue weighted by Crippen LogP contribution is -2.40. The van der Waals surface area contributed by atoms with Crippen molar-refractivity contribution >= 4 is 5.91 Å². The Kier molecular flexibility index (Phi) is 4.12. The maximum Gasteiger partial charge on any atom is 0.275 e. The predicted octanol–water partition coefficient (Wildman–Crippen LogP) is 1.41. The van der Waals surface area contributed by atoms with Crippen LogP contribution in [0.3, 0.4) is 0 Å². The summed E-state index contributed by atoms with van der Waals surface area (Å²) in [6.45, 7) is 3.75. The van der Waals surface area contributed by atoms with Crippen LogP contribution in [-0.4, -0.2) is 25.1 Å². The molecule has 0 bridgehead atoms. The summed E-state index contributed by atoms with van der Waals surface area (Å²) >= 11 is 0. The van der Waals surface area contributed by atoms with E-state index < -0.39 is 0 Å². The molecule has 2 N–H and O–H groups in total. The third-order valence-corrected chi connectivity index (χ3v) is 2.96. The maximum absolute atomic E-state index is 11.9. The Balaban J connectivity index is 1.87. The van der Waals surface area contributed by atoms with Crippen LogP contribution in [0.1, 0.15) is 28.8 Å². The van der Waals surface area contributed by atoms with Gasteiger partial charge in [0.25, 0.3) is 5.91 Å². The largest absolute Gasteiger partial charge is 0.314 e. The van der Waals surface area contributed by atoms with Crippen LogP contribution in [0.4, 0.5) is 0 Å². The number of nitrogens with one attached hydrogen (secondary N) is 2. The van der Waals surface area contributed by atoms with Gasteiger partial charge in [0.05, 0.1) is 6.10 Å². The van der Waals surface area contributed by atoms with Crippen LogP contribution in [0.5, 0.6) is 0 Å². The molecule has 2 rings (SSSR count). The topological polar surface area (TPSA) is 50.4 Å². The Bertz CT molecular complexity index is 387. The van der Waals surface area contributed by atoms with Gasteiger partial charge in [-0.25, -0.2) is 5.48 Å². The highest BCUT2D eigenvalue weighted by Crippen LogP contribution is 2.08. The maximum atomic E-state index is 11.9. The molecule has 17 heavy (non-hydrogen) atoms. The first-order chi connectivity index (χ1) is 8.27. The number of carbonyl (C=O) groups excluding carboxylic acids is 1. The van der Waals surface area contributed by atoms with Gasteiger partial charge in [0.2, 0.25) is 0 Å². The molecular weight excluding hydrogens is 216 g/mol. The SMILES string of the molecule is Cc1ccccc1C(=O)NOC1CCCNC1. The fourth-order valence-electron chi connectivity index (χ4n) is 1.94. The van der Waals surface area contributed by atoms with Crippen LogP contribution in [0.25, 0.3) is 0 Å². The third kappa shape index (κ3) is 3.28. The van der Waals surface area contributed by atoms with E-state index in [9.17, 15) is 4.79 Å². The molecule has 0 aliphatic carbocycles. The summed E-state index contributed by atoms with van der Waals surface area (Å²) in [6, 6.07) is 7.48. The second kappa shape index (κ2) is 5.80. The van der Waals surface area contributed by atoms with Gasteiger partial charge in [-0.2, -0.15) is 0 Å². The smallest absolute Gasteiger partial charge is 0.275 e. The number of benzene rings is 1. The summed E-state index contributed by atoms with van der Waals surface area (Å²) < 4.78 is 0. The predicted molar refractivity (Wildman–Crippen MR) is 65.6 cm³/mol. The van der Waals surface area contributed by atoms with Crippen LogP contribution in [0.2, 0.25) is 0 Å². The molecule has 1 aromatic carbocycles. The van der Waals surface area contributed by atoms with E-state index in [0.29, 0.717) is 5.56 Å². The van der Waals surface area contributed by atoms with Crippen LogP contribution >= 0.6 is 0 Å². The summed E-state index contributed by atoms with van der Waals surface area (Å²) in [4.78, 5) is 17.2. The number of hydroxylamine groups is 1. The monoisotopic (exact) mass is 234 g/mol. The second-order valence-electron chi connectivity index (χ2n) is 4.33. The summed E-state index contributed by atoms with van der Waals surface area (Å²) in [5.41, 5.74) is 4.15. The molecule has 1 atom stereocenters. The minimum Gasteiger partial charge on any atom is -0.314 e. The molecule has 0 radical (unpaired) electrons. The van der Waals surface area contributed by atoms with Crippen molar-refractivity contribution in [2.45, 2.75) is 25.9 Å². The molecule has 4 nitrogen and oxygen atoms in total. The zero-order valence-corrected chi connectivity index (χ0v) is 10.0. The van der Waals surface area contributed by atoms with E-state index in [1.807, 2.05) is 25.1 Å². The standard InChI is InChI=1S/C13H18N2O2/c1-10-5-2-3-7-12(10)13(16)15-17-11-6-4-8-14-9-11/h2-3,5,7,11,14H,4,6,8-9H2,1H3,(H,15,16). The number of piperidine rings is 1. The molecule has 1 fully saturated rings. The second-order valence-corrected chi connectivity index (χ2v) is 4.33. The zero-order valence-electron chi connectivity index (χ0n) is 10.0. The average molecular weight is 234 g/mol. The highest BCUT2D eigenvalue weighted by Gasteiger charge is 2.15. The quantitative estimate of drug-likeness (QED) is 0.777. The lowest BCUT2D eigenvalue weighted by atomic mass is 10.1. The van der Waals surface area contributed by atoms with Crippen molar-refractivity contribution in [2.24, 2.45) is 0 Å². The summed E-state index contributed by atoms with van der Waals surface area (Å²) in [6.07, 6.45) is 2.16. The number of hydrogen-bond donors (Lipinski definition) is 2. The van der Waals surface area contributed by atoms with Crippen LogP contribution < -0.4 is 10.8 Å². The molecule has 1 heterocycles. The molecular formula is C13H18N2O2. The van der Waals surface area contributed by atoms with Gasteiger partial charge in [0.1, 0.15) is 0 Å². The van der Waals surface area contributed by atoms with Gasteiger partial charge < -0.3 is 5.32 Å². The first kappa shape index (κ1) is 12.1. The Morgan fingerprint density at radius 3 is 3.00 bits per heavy atom. The summed E-state index contributed by atoms with van der Waals surface area (Å²) in [5, 5.41) is 3.23. The van der Waals surface area contributed by atoms with Crippen molar-refractivity contribution in [3.05, 3.63) is 35.4 Å². The van der Waals surface area contributed by atoms with Gasteiger partial charge in [-0.3, -0.25) is 9.63 Å². The van der Waals surface area contributed by atoms with Gasteiger partial charge in [0, 0.05) is 12.1 Å². The van der Waals surface area contributed by atoms with Gasteiger partial charge >= 0.3 is 0 Å². The van der Waals surface area contributed by atoms with Crippen LogP contribution in [-0.2, 0) is 4.84 Å². The number of amides is 1. The molecule has 1 aromatic rings. The fourth-order valence-corrected chi connectivity index (χ4v) is 1.94. The van der Waals surface area contributed by atoms with Crippen LogP contribution in [0, 0.1) is 6.92 Å². The molecule has 1 amide bonds. The Morgan fingerprint density at radius 1 is 1.47 bits per heavy atom. The Labute approximate surface area is 101 Å². The molecule has 1 saturated heterocycles. The van der Waals surface area contributed by atoms with E-state index in [1.54, 1.807) is 6.07 Å². The molecule has 0 aromatic heterocycles. The van der Waals surface area contributed by atoms with Crippen molar-refractivity contribution < 1.29 is 9.63 Å². The van der Waals surface area contributed by atoms with Gasteiger partial charge in [0.15, 0.2) is 0 Å². The highest BCUT2D eigenvalue weighted by atomic mass is 16.7. The summed E-state index contributed by atoms with van der Waals surface area (Å²) in [7, 11) is 0. The molecule has 92 valence electrons. The van der Waals surface area contributed by atoms with Gasteiger partial charge in [-0.15, -0.1) is 0 Å². The van der Waals surface area contributed by atoms with E-state index in [1.165, 1.54) is 0 Å². The van der Waals surface area contributed by atoms with E-state index in [2.05, 4.69) is 10.8 Å². The minimum atomic E-state index is -0.173. The number of aryl methyl sites for hydroxylation is 1. The molecule has 4 heteroatoms. The minimum absolute atomic E-state index is 0.0803. The highest BCUT2D eigenvalue weighted by molar-refractivity contribution is 5.94.